The first-order chi connectivity index (χ1) is 4.35. The van der Waals surface area contributed by atoms with Gasteiger partial charge in [-0.3, -0.25) is 0 Å². The van der Waals surface area contributed by atoms with E-state index in [1.807, 2.05) is 0 Å². The van der Waals surface area contributed by atoms with Crippen molar-refractivity contribution in [1.29, 1.82) is 0 Å². The first kappa shape index (κ1) is 11.4. The molecule has 0 atom stereocenters. The van der Waals surface area contributed by atoms with E-state index in [9.17, 15) is 0 Å². The minimum Gasteiger partial charge on any atom is -0.391 e. The Kier molecular flexibility index (Phi) is 13.4. The van der Waals surface area contributed by atoms with E-state index in [1.165, 1.54) is 14.2 Å². The van der Waals surface area contributed by atoms with Crippen LogP contribution in [-0.2, 0) is 9.47 Å². The predicted octanol–water partition coefficient (Wildman–Crippen LogP) is 0.400. The topological polar surface area (TPSA) is 38.7 Å². The molecule has 0 saturated carbocycles. The largest absolute Gasteiger partial charge is 0.391 e. The molecule has 0 rings (SSSR count). The molecule has 0 radical (unpaired) electrons. The molecule has 0 aromatic carbocycles. The van der Waals surface area contributed by atoms with E-state index in [1.54, 1.807) is 0 Å². The number of aliphatic hydroxyl groups excluding tert-OH is 1. The van der Waals surface area contributed by atoms with Crippen LogP contribution < -0.4 is 0 Å². The van der Waals surface area contributed by atoms with Gasteiger partial charge in [-0.15, -0.1) is 13.2 Å². The molecule has 0 saturated heterocycles. The van der Waals surface area contributed by atoms with E-state index in [4.69, 9.17) is 5.11 Å². The number of aliphatic hydroxyl groups is 1. The molecule has 0 fully saturated rings. The molecule has 0 aromatic rings. The summed E-state index contributed by atoms with van der Waals surface area (Å²) in [6, 6.07) is 0. The van der Waals surface area contributed by atoms with Crippen LogP contribution in [0.3, 0.4) is 0 Å². The number of hydrogen-bond donors (Lipinski definition) is 1. The second-order valence-electron chi connectivity index (χ2n) is 1.08. The Morgan fingerprint density at radius 1 is 1.33 bits per heavy atom. The highest BCUT2D eigenvalue weighted by Crippen LogP contribution is 1.84. The zero-order valence-corrected chi connectivity index (χ0v) is 5.96. The molecule has 9 heavy (non-hydrogen) atoms. The molecule has 1 N–H and O–H groups in total. The van der Waals surface area contributed by atoms with Crippen LogP contribution in [0.1, 0.15) is 0 Å². The van der Waals surface area contributed by atoms with Crippen molar-refractivity contribution >= 4 is 0 Å². The van der Waals surface area contributed by atoms with Crippen LogP contribution in [0.5, 0.6) is 0 Å². The second-order valence-corrected chi connectivity index (χ2v) is 1.08. The van der Waals surface area contributed by atoms with Crippen LogP contribution in [0.25, 0.3) is 0 Å². The third-order valence-corrected chi connectivity index (χ3v) is 0.675. The lowest BCUT2D eigenvalue weighted by atomic mass is 10.7. The number of hydrogen-bond acceptors (Lipinski definition) is 3. The summed E-state index contributed by atoms with van der Waals surface area (Å²) in [7, 11) is 2.95. The van der Waals surface area contributed by atoms with Crippen LogP contribution in [-0.4, -0.2) is 32.2 Å². The molecule has 0 heterocycles. The van der Waals surface area contributed by atoms with Gasteiger partial charge >= 0.3 is 0 Å². The van der Waals surface area contributed by atoms with Crippen LogP contribution in [0.4, 0.5) is 0 Å². The van der Waals surface area contributed by atoms with Gasteiger partial charge in [0.1, 0.15) is 0 Å². The minimum atomic E-state index is -0.458. The van der Waals surface area contributed by atoms with Gasteiger partial charge in [0.2, 0.25) is 0 Å². The van der Waals surface area contributed by atoms with Crippen molar-refractivity contribution in [3.8, 4) is 0 Å². The van der Waals surface area contributed by atoms with Crippen molar-refractivity contribution in [2.75, 3.05) is 20.8 Å². The molecule has 0 amide bonds. The quantitative estimate of drug-likeness (QED) is 0.448. The fourth-order valence-electron chi connectivity index (χ4n) is 0.245. The Hall–Kier alpha value is -0.380. The Bertz CT molecular complexity index is 38.1. The maximum atomic E-state index is 8.28. The van der Waals surface area contributed by atoms with Gasteiger partial charge < -0.3 is 14.6 Å². The summed E-state index contributed by atoms with van der Waals surface area (Å²) >= 11 is 0. The maximum absolute atomic E-state index is 8.28. The van der Waals surface area contributed by atoms with Crippen LogP contribution in [0, 0.1) is 0 Å². The highest BCUT2D eigenvalue weighted by Gasteiger charge is 1.98. The van der Waals surface area contributed by atoms with Crippen molar-refractivity contribution in [3.05, 3.63) is 13.2 Å². The van der Waals surface area contributed by atoms with Crippen LogP contribution in [0.2, 0.25) is 0 Å². The van der Waals surface area contributed by atoms with Gasteiger partial charge in [0.05, 0.1) is 6.61 Å². The standard InChI is InChI=1S/C4H10O3.C2H4/c1-6-4(3-5)7-2;1-2/h4-5H,3H2,1-2H3;1-2H2. The van der Waals surface area contributed by atoms with Crippen molar-refractivity contribution in [1.82, 2.24) is 0 Å². The molecule has 0 bridgehead atoms. The third kappa shape index (κ3) is 7.62. The number of ether oxygens (including phenoxy) is 2. The lowest BCUT2D eigenvalue weighted by Crippen LogP contribution is -2.16. The molecule has 0 aliphatic rings. The molecule has 56 valence electrons. The first-order valence-electron chi connectivity index (χ1n) is 2.51. The zero-order valence-electron chi connectivity index (χ0n) is 5.96. The SMILES string of the molecule is C=C.COC(CO)OC. The number of methoxy groups -OCH3 is 2. The Morgan fingerprint density at radius 2 is 1.67 bits per heavy atom. The summed E-state index contributed by atoms with van der Waals surface area (Å²) in [5.41, 5.74) is 0. The molecule has 0 unspecified atom stereocenters. The smallest absolute Gasteiger partial charge is 0.179 e. The maximum Gasteiger partial charge on any atom is 0.179 e. The third-order valence-electron chi connectivity index (χ3n) is 0.675. The normalized spacial score (nSPS) is 8.44. The average Bonchev–Trinajstić information content (AvgIpc) is 1.96. The van der Waals surface area contributed by atoms with Gasteiger partial charge in [-0.2, -0.15) is 0 Å². The van der Waals surface area contributed by atoms with Crippen molar-refractivity contribution in [3.63, 3.8) is 0 Å². The summed E-state index contributed by atoms with van der Waals surface area (Å²) in [5, 5.41) is 8.28. The van der Waals surface area contributed by atoms with Gasteiger partial charge in [0, 0.05) is 14.2 Å². The molecule has 3 nitrogen and oxygen atoms in total. The molecule has 0 aromatic heterocycles. The highest BCUT2D eigenvalue weighted by molar-refractivity contribution is 4.30. The van der Waals surface area contributed by atoms with Crippen LogP contribution in [0.15, 0.2) is 13.2 Å². The second kappa shape index (κ2) is 10.6. The minimum absolute atomic E-state index is 0.0903. The van der Waals surface area contributed by atoms with E-state index >= 15 is 0 Å². The monoisotopic (exact) mass is 134 g/mol. The molecule has 0 aliphatic carbocycles. The van der Waals surface area contributed by atoms with Gasteiger partial charge in [0.15, 0.2) is 6.29 Å². The van der Waals surface area contributed by atoms with Crippen LogP contribution >= 0.6 is 0 Å². The Morgan fingerprint density at radius 3 is 1.67 bits per heavy atom. The summed E-state index contributed by atoms with van der Waals surface area (Å²) < 4.78 is 9.15. The molecule has 0 spiro atoms. The van der Waals surface area contributed by atoms with E-state index in [2.05, 4.69) is 22.6 Å². The van der Waals surface area contributed by atoms with E-state index in [0.29, 0.717) is 0 Å². The van der Waals surface area contributed by atoms with Gasteiger partial charge in [-0.05, 0) is 0 Å². The van der Waals surface area contributed by atoms with E-state index < -0.39 is 6.29 Å². The summed E-state index contributed by atoms with van der Waals surface area (Å²) in [4.78, 5) is 0. The zero-order chi connectivity index (χ0) is 7.70. The van der Waals surface area contributed by atoms with Crippen molar-refractivity contribution in [2.45, 2.75) is 6.29 Å². The number of rotatable bonds is 3. The lowest BCUT2D eigenvalue weighted by Gasteiger charge is -2.07. The first-order valence-corrected chi connectivity index (χ1v) is 2.51. The molecule has 3 heteroatoms. The Labute approximate surface area is 55.9 Å². The fraction of sp³-hybridized carbons (Fsp3) is 0.667. The van der Waals surface area contributed by atoms with E-state index in [-0.39, 0.29) is 6.61 Å². The summed E-state index contributed by atoms with van der Waals surface area (Å²) in [6.07, 6.45) is -0.458. The summed E-state index contributed by atoms with van der Waals surface area (Å²) in [6.45, 7) is 5.91. The average molecular weight is 134 g/mol. The van der Waals surface area contributed by atoms with E-state index in [0.717, 1.165) is 0 Å². The Balaban J connectivity index is 0. The fourth-order valence-corrected chi connectivity index (χ4v) is 0.245. The lowest BCUT2D eigenvalue weighted by molar-refractivity contribution is -0.127. The van der Waals surface area contributed by atoms with Gasteiger partial charge in [-0.25, -0.2) is 0 Å². The summed E-state index contributed by atoms with van der Waals surface area (Å²) in [5.74, 6) is 0. The van der Waals surface area contributed by atoms with Crippen molar-refractivity contribution in [2.24, 2.45) is 0 Å². The van der Waals surface area contributed by atoms with Crippen molar-refractivity contribution < 1.29 is 14.6 Å². The highest BCUT2D eigenvalue weighted by atomic mass is 16.7. The van der Waals surface area contributed by atoms with Gasteiger partial charge in [-0.1, -0.05) is 0 Å². The molecular weight excluding hydrogens is 120 g/mol. The molecular formula is C6H14O3. The molecule has 0 aliphatic heterocycles. The predicted molar refractivity (Wildman–Crippen MR) is 36.1 cm³/mol. The van der Waals surface area contributed by atoms with Gasteiger partial charge in [0.25, 0.3) is 0 Å².